The fourth-order valence-corrected chi connectivity index (χ4v) is 7.94. The highest BCUT2D eigenvalue weighted by atomic mass is 16.6. The molecule has 0 aliphatic heterocycles. The van der Waals surface area contributed by atoms with Gasteiger partial charge in [0.25, 0.3) is 0 Å². The van der Waals surface area contributed by atoms with Crippen LogP contribution in [0.2, 0.25) is 0 Å². The Kier molecular flexibility index (Phi) is 54.4. The monoisotopic (exact) mass is 921 g/mol. The van der Waals surface area contributed by atoms with Gasteiger partial charge < -0.3 is 14.2 Å². The lowest BCUT2D eigenvalue weighted by Crippen LogP contribution is -2.30. The van der Waals surface area contributed by atoms with Crippen LogP contribution in [0, 0.1) is 0 Å². The highest BCUT2D eigenvalue weighted by molar-refractivity contribution is 5.70. The van der Waals surface area contributed by atoms with Crippen molar-refractivity contribution in [2.24, 2.45) is 0 Å². The molecule has 0 rings (SSSR count). The van der Waals surface area contributed by atoms with Crippen LogP contribution >= 0.6 is 0 Å². The van der Waals surface area contributed by atoms with Crippen LogP contribution in [0.15, 0.2) is 72.9 Å². The van der Waals surface area contributed by atoms with Gasteiger partial charge in [-0.3, -0.25) is 9.59 Å². The first kappa shape index (κ1) is 63.3. The molecule has 0 radical (unpaired) electrons. The first-order valence-corrected chi connectivity index (χ1v) is 28.5. The molecule has 5 nitrogen and oxygen atoms in total. The summed E-state index contributed by atoms with van der Waals surface area (Å²) in [4.78, 5) is 25.5. The second-order valence-electron chi connectivity index (χ2n) is 18.8. The predicted octanol–water partition coefficient (Wildman–Crippen LogP) is 19.5. The molecule has 1 atom stereocenters. The Morgan fingerprint density at radius 2 is 0.636 bits per heavy atom. The zero-order valence-electron chi connectivity index (χ0n) is 44.0. The number of rotatable bonds is 52. The summed E-state index contributed by atoms with van der Waals surface area (Å²) in [7, 11) is 0. The molecule has 0 aromatic heterocycles. The molecule has 0 aliphatic carbocycles. The van der Waals surface area contributed by atoms with Crippen molar-refractivity contribution < 1.29 is 23.8 Å². The quantitative estimate of drug-likeness (QED) is 0.0346. The zero-order chi connectivity index (χ0) is 47.7. The summed E-state index contributed by atoms with van der Waals surface area (Å²) in [6.07, 6.45) is 73.4. The van der Waals surface area contributed by atoms with E-state index in [2.05, 4.69) is 93.7 Å². The zero-order valence-corrected chi connectivity index (χ0v) is 44.0. The number of hydrogen-bond acceptors (Lipinski definition) is 5. The third-order valence-corrected chi connectivity index (χ3v) is 12.2. The summed E-state index contributed by atoms with van der Waals surface area (Å²) >= 11 is 0. The van der Waals surface area contributed by atoms with Crippen molar-refractivity contribution in [2.75, 3.05) is 19.8 Å². The minimum Gasteiger partial charge on any atom is -0.462 e. The Morgan fingerprint density at radius 1 is 0.333 bits per heavy atom. The molecule has 0 aromatic rings. The summed E-state index contributed by atoms with van der Waals surface area (Å²) < 4.78 is 17.4. The molecule has 0 amide bonds. The Labute approximate surface area is 410 Å². The molecular weight excluding hydrogens is 813 g/mol. The van der Waals surface area contributed by atoms with Crippen LogP contribution in [-0.4, -0.2) is 37.9 Å². The lowest BCUT2D eigenvalue weighted by Gasteiger charge is -2.18. The van der Waals surface area contributed by atoms with Crippen molar-refractivity contribution in [2.45, 2.75) is 284 Å². The van der Waals surface area contributed by atoms with E-state index in [1.165, 1.54) is 141 Å². The Hall–Kier alpha value is -2.66. The minimum atomic E-state index is -0.558. The van der Waals surface area contributed by atoms with E-state index >= 15 is 0 Å². The topological polar surface area (TPSA) is 61.8 Å². The Morgan fingerprint density at radius 3 is 1.05 bits per heavy atom. The van der Waals surface area contributed by atoms with Gasteiger partial charge in [-0.05, 0) is 96.3 Å². The molecule has 0 aromatic carbocycles. The van der Waals surface area contributed by atoms with E-state index in [9.17, 15) is 9.59 Å². The van der Waals surface area contributed by atoms with Crippen molar-refractivity contribution in [1.82, 2.24) is 0 Å². The molecule has 0 saturated carbocycles. The first-order chi connectivity index (χ1) is 32.6. The SMILES string of the molecule is CCCCC/C=C\C/C=C\C/C=C\CCCCCCC(=O)OC[C@@H](COCCCCCCCCCCCCCCCCCC)OC(=O)CCCCCC/C=C\C/C=C\C/C=C\CCCCC. The number of hydrogen-bond donors (Lipinski definition) is 0. The van der Waals surface area contributed by atoms with Crippen molar-refractivity contribution >= 4 is 11.9 Å². The molecule has 0 saturated heterocycles. The summed E-state index contributed by atoms with van der Waals surface area (Å²) in [5, 5.41) is 0. The maximum Gasteiger partial charge on any atom is 0.306 e. The maximum atomic E-state index is 12.8. The van der Waals surface area contributed by atoms with Crippen LogP contribution in [0.4, 0.5) is 0 Å². The second kappa shape index (κ2) is 56.7. The van der Waals surface area contributed by atoms with Gasteiger partial charge in [0.1, 0.15) is 6.61 Å². The van der Waals surface area contributed by atoms with Crippen LogP contribution in [0.3, 0.4) is 0 Å². The standard InChI is InChI=1S/C61H108O5/c1-4-7-10-13-16-19-22-25-28-31-33-36-39-42-45-48-51-54-60(62)65-58-59(57-64-56-53-50-47-44-41-38-35-30-27-24-21-18-15-12-9-6-3)66-61(63)55-52-49-46-43-40-37-34-32-29-26-23-20-17-14-11-8-5-2/h16-17,19-20,25-26,28-29,33-34,36-37,59H,4-15,18,21-24,27,30-32,35,38-58H2,1-3H3/b19-16-,20-17-,28-25-,29-26-,36-33-,37-34-/t59-/m1/s1. The van der Waals surface area contributed by atoms with Gasteiger partial charge in [0.2, 0.25) is 0 Å². The molecule has 0 N–H and O–H groups in total. The summed E-state index contributed by atoms with van der Waals surface area (Å²) in [5.41, 5.74) is 0. The normalized spacial score (nSPS) is 12.7. The van der Waals surface area contributed by atoms with Crippen LogP contribution in [0.25, 0.3) is 0 Å². The van der Waals surface area contributed by atoms with Gasteiger partial charge in [-0.2, -0.15) is 0 Å². The van der Waals surface area contributed by atoms with Crippen molar-refractivity contribution in [3.63, 3.8) is 0 Å². The van der Waals surface area contributed by atoms with Crippen LogP contribution in [-0.2, 0) is 23.8 Å². The van der Waals surface area contributed by atoms with E-state index in [0.29, 0.717) is 19.4 Å². The maximum absolute atomic E-state index is 12.8. The highest BCUT2D eigenvalue weighted by Crippen LogP contribution is 2.15. The smallest absolute Gasteiger partial charge is 0.306 e. The minimum absolute atomic E-state index is 0.0648. The fraction of sp³-hybridized carbons (Fsp3) is 0.770. The Bertz CT molecular complexity index is 1180. The lowest BCUT2D eigenvalue weighted by molar-refractivity contribution is -0.163. The number of unbranched alkanes of at least 4 members (excludes halogenated alkanes) is 29. The third-order valence-electron chi connectivity index (χ3n) is 12.2. The van der Waals surface area contributed by atoms with Gasteiger partial charge in [-0.1, -0.05) is 241 Å². The number of esters is 2. The summed E-state index contributed by atoms with van der Waals surface area (Å²) in [6.45, 7) is 7.76. The third kappa shape index (κ3) is 54.0. The van der Waals surface area contributed by atoms with Crippen molar-refractivity contribution in [1.29, 1.82) is 0 Å². The van der Waals surface area contributed by atoms with E-state index in [1.807, 2.05) is 0 Å². The molecule has 5 heteroatoms. The largest absolute Gasteiger partial charge is 0.462 e. The second-order valence-corrected chi connectivity index (χ2v) is 18.8. The average molecular weight is 922 g/mol. The van der Waals surface area contributed by atoms with E-state index in [0.717, 1.165) is 103 Å². The molecule has 0 spiro atoms. The molecule has 0 fully saturated rings. The summed E-state index contributed by atoms with van der Waals surface area (Å²) in [5.74, 6) is -0.438. The molecule has 0 heterocycles. The molecule has 0 unspecified atom stereocenters. The lowest BCUT2D eigenvalue weighted by atomic mass is 10.0. The van der Waals surface area contributed by atoms with Gasteiger partial charge in [0.15, 0.2) is 6.10 Å². The fourth-order valence-electron chi connectivity index (χ4n) is 7.94. The van der Waals surface area contributed by atoms with E-state index in [-0.39, 0.29) is 25.2 Å². The number of ether oxygens (including phenoxy) is 3. The highest BCUT2D eigenvalue weighted by Gasteiger charge is 2.17. The van der Waals surface area contributed by atoms with Crippen LogP contribution < -0.4 is 0 Å². The average Bonchev–Trinajstić information content (AvgIpc) is 3.32. The van der Waals surface area contributed by atoms with Gasteiger partial charge in [-0.15, -0.1) is 0 Å². The van der Waals surface area contributed by atoms with Crippen LogP contribution in [0.5, 0.6) is 0 Å². The van der Waals surface area contributed by atoms with Gasteiger partial charge >= 0.3 is 11.9 Å². The number of carbonyl (C=O) groups is 2. The predicted molar refractivity (Wildman–Crippen MR) is 288 cm³/mol. The molecule has 66 heavy (non-hydrogen) atoms. The van der Waals surface area contributed by atoms with E-state index < -0.39 is 6.10 Å². The molecule has 0 aliphatic rings. The van der Waals surface area contributed by atoms with Crippen molar-refractivity contribution in [3.05, 3.63) is 72.9 Å². The van der Waals surface area contributed by atoms with Gasteiger partial charge in [0.05, 0.1) is 6.61 Å². The van der Waals surface area contributed by atoms with Crippen molar-refractivity contribution in [3.8, 4) is 0 Å². The number of carbonyl (C=O) groups excluding carboxylic acids is 2. The molecule has 0 bridgehead atoms. The van der Waals surface area contributed by atoms with E-state index in [1.54, 1.807) is 0 Å². The van der Waals surface area contributed by atoms with Gasteiger partial charge in [0, 0.05) is 19.4 Å². The van der Waals surface area contributed by atoms with Crippen LogP contribution in [0.1, 0.15) is 278 Å². The van der Waals surface area contributed by atoms with E-state index in [4.69, 9.17) is 14.2 Å². The molecular formula is C61H108O5. The first-order valence-electron chi connectivity index (χ1n) is 28.5. The summed E-state index contributed by atoms with van der Waals surface area (Å²) in [6, 6.07) is 0. The van der Waals surface area contributed by atoms with Gasteiger partial charge in [-0.25, -0.2) is 0 Å². The molecule has 382 valence electrons. The Balaban J connectivity index is 4.35. The number of allylic oxidation sites excluding steroid dienone is 12.